The molecule has 5 aromatic heterocycles. The third-order valence-corrected chi connectivity index (χ3v) is 7.17. The third-order valence-electron chi connectivity index (χ3n) is 6.27. The molecule has 0 N–H and O–H groups in total. The van der Waals surface area contributed by atoms with Crippen LogP contribution < -0.4 is 4.90 Å². The number of nitriles is 1. The number of anilines is 1. The van der Waals surface area contributed by atoms with Crippen molar-refractivity contribution in [1.82, 2.24) is 24.6 Å². The highest BCUT2D eigenvalue weighted by atomic mass is 32.1. The molecule has 0 bridgehead atoms. The van der Waals surface area contributed by atoms with Crippen LogP contribution in [0.4, 0.5) is 5.88 Å². The molecule has 5 aromatic rings. The van der Waals surface area contributed by atoms with Gasteiger partial charge in [-0.2, -0.15) is 15.3 Å². The molecule has 0 saturated carbocycles. The monoisotopic (exact) mass is 499 g/mol. The number of nitrogens with zero attached hydrogens (tertiary/aromatic N) is 7. The number of carbonyl (C=O) groups excluding carboxylic acids is 1. The lowest BCUT2D eigenvalue weighted by molar-refractivity contribution is 0.0747. The predicted octanol–water partition coefficient (Wildman–Crippen LogP) is 4.09. The van der Waals surface area contributed by atoms with Crippen molar-refractivity contribution in [2.24, 2.45) is 7.05 Å². The van der Waals surface area contributed by atoms with Gasteiger partial charge in [-0.1, -0.05) is 6.07 Å². The van der Waals surface area contributed by atoms with E-state index in [1.54, 1.807) is 28.2 Å². The van der Waals surface area contributed by atoms with Gasteiger partial charge >= 0.3 is 0 Å². The van der Waals surface area contributed by atoms with Gasteiger partial charge < -0.3 is 18.6 Å². The summed E-state index contributed by atoms with van der Waals surface area (Å²) >= 11 is 1.58. The first-order valence-corrected chi connectivity index (χ1v) is 12.3. The molecule has 6 rings (SSSR count). The van der Waals surface area contributed by atoms with E-state index in [4.69, 9.17) is 13.8 Å². The molecule has 1 amide bonds. The fraction of sp³-hybridized carbons (Fsp3) is 0.240. The largest absolute Gasteiger partial charge is 0.459 e. The van der Waals surface area contributed by atoms with Crippen LogP contribution in [-0.2, 0) is 7.05 Å². The first-order valence-electron chi connectivity index (χ1n) is 11.4. The summed E-state index contributed by atoms with van der Waals surface area (Å²) in [5.41, 5.74) is 3.01. The lowest BCUT2D eigenvalue weighted by atomic mass is 10.1. The molecule has 0 unspecified atom stereocenters. The summed E-state index contributed by atoms with van der Waals surface area (Å²) < 4.78 is 13.0. The molecule has 0 atom stereocenters. The first-order chi connectivity index (χ1) is 17.5. The van der Waals surface area contributed by atoms with E-state index in [2.05, 4.69) is 16.2 Å². The van der Waals surface area contributed by atoms with Gasteiger partial charge in [0.05, 0.1) is 33.5 Å². The molecule has 10 nitrogen and oxygen atoms in total. The highest BCUT2D eigenvalue weighted by molar-refractivity contribution is 7.13. The highest BCUT2D eigenvalue weighted by Gasteiger charge is 2.29. The molecule has 0 radical (unpaired) electrons. The summed E-state index contributed by atoms with van der Waals surface area (Å²) in [5, 5.41) is 16.9. The minimum Gasteiger partial charge on any atom is -0.459 e. The number of aromatic nitrogens is 4. The van der Waals surface area contributed by atoms with Gasteiger partial charge in [0.15, 0.2) is 11.4 Å². The third kappa shape index (κ3) is 3.63. The van der Waals surface area contributed by atoms with Gasteiger partial charge in [0.1, 0.15) is 6.07 Å². The number of hydrogen-bond donors (Lipinski definition) is 0. The molecule has 0 aliphatic carbocycles. The summed E-state index contributed by atoms with van der Waals surface area (Å²) in [7, 11) is 1.84. The summed E-state index contributed by atoms with van der Waals surface area (Å²) in [5.74, 6) is 1.05. The molecular weight excluding hydrogens is 478 g/mol. The van der Waals surface area contributed by atoms with Crippen LogP contribution in [0.25, 0.3) is 33.3 Å². The molecule has 1 fully saturated rings. The van der Waals surface area contributed by atoms with Crippen LogP contribution in [0.3, 0.4) is 0 Å². The van der Waals surface area contributed by atoms with E-state index in [0.717, 1.165) is 21.7 Å². The quantitative estimate of drug-likeness (QED) is 0.363. The summed E-state index contributed by atoms with van der Waals surface area (Å²) in [6.07, 6.45) is 1.53. The van der Waals surface area contributed by atoms with Crippen molar-refractivity contribution >= 4 is 34.2 Å². The van der Waals surface area contributed by atoms with E-state index < -0.39 is 0 Å². The van der Waals surface area contributed by atoms with Crippen LogP contribution in [0.2, 0.25) is 0 Å². The molecule has 6 heterocycles. The van der Waals surface area contributed by atoms with Crippen LogP contribution in [0.5, 0.6) is 0 Å². The van der Waals surface area contributed by atoms with Gasteiger partial charge in [-0.05, 0) is 36.6 Å². The Balaban J connectivity index is 1.28. The standard InChI is InChI=1S/C25H21N7O3S/c1-15-21-16(13-17(20-6-4-12-36-20)27-22(21)30(2)29-15)24(33)31-7-9-32(10-8-31)25-18(14-26)28-23(35-25)19-5-3-11-34-19/h3-6,11-13H,7-10H2,1-2H3. The maximum absolute atomic E-state index is 13.8. The number of piperazine rings is 1. The first kappa shape index (κ1) is 22.1. The molecule has 0 spiro atoms. The van der Waals surface area contributed by atoms with Crippen molar-refractivity contribution in [3.8, 4) is 28.3 Å². The average molecular weight is 500 g/mol. The van der Waals surface area contributed by atoms with Crippen molar-refractivity contribution in [3.05, 3.63) is 58.9 Å². The van der Waals surface area contributed by atoms with E-state index in [-0.39, 0.29) is 17.5 Å². The lowest BCUT2D eigenvalue weighted by Gasteiger charge is -2.34. The number of fused-ring (bicyclic) bond motifs is 1. The number of rotatable bonds is 4. The Morgan fingerprint density at radius 1 is 1.17 bits per heavy atom. The topological polar surface area (TPSA) is 117 Å². The number of thiophene rings is 1. The molecule has 180 valence electrons. The second kappa shape index (κ2) is 8.66. The van der Waals surface area contributed by atoms with Crippen molar-refractivity contribution in [3.63, 3.8) is 0 Å². The van der Waals surface area contributed by atoms with Crippen molar-refractivity contribution in [1.29, 1.82) is 5.26 Å². The number of amides is 1. The minimum atomic E-state index is -0.0645. The Labute approximate surface area is 210 Å². The summed E-state index contributed by atoms with van der Waals surface area (Å²) in [6, 6.07) is 11.4. The number of hydrogen-bond acceptors (Lipinski definition) is 9. The number of pyridine rings is 1. The fourth-order valence-electron chi connectivity index (χ4n) is 4.55. The number of carbonyl (C=O) groups is 1. The zero-order valence-corrected chi connectivity index (χ0v) is 20.4. The van der Waals surface area contributed by atoms with Gasteiger partial charge in [-0.15, -0.1) is 11.3 Å². The molecular formula is C25H21N7O3S. The Kier molecular flexibility index (Phi) is 5.30. The zero-order chi connectivity index (χ0) is 24.8. The maximum atomic E-state index is 13.8. The van der Waals surface area contributed by atoms with Crippen molar-refractivity contribution in [2.45, 2.75) is 6.92 Å². The fourth-order valence-corrected chi connectivity index (χ4v) is 5.24. The molecule has 1 aliphatic heterocycles. The molecule has 36 heavy (non-hydrogen) atoms. The summed E-state index contributed by atoms with van der Waals surface area (Å²) in [4.78, 5) is 27.6. The lowest BCUT2D eigenvalue weighted by Crippen LogP contribution is -2.49. The van der Waals surface area contributed by atoms with Crippen LogP contribution in [0.1, 0.15) is 21.7 Å². The molecule has 1 aliphatic rings. The normalized spacial score (nSPS) is 13.9. The van der Waals surface area contributed by atoms with E-state index in [1.165, 1.54) is 6.26 Å². The minimum absolute atomic E-state index is 0.0645. The SMILES string of the molecule is Cc1nn(C)c2nc(-c3cccs3)cc(C(=O)N3CCN(c4oc(-c5ccco5)nc4C#N)CC3)c12. The molecule has 0 aromatic carbocycles. The number of aryl methyl sites for hydroxylation is 2. The predicted molar refractivity (Wildman–Crippen MR) is 134 cm³/mol. The van der Waals surface area contributed by atoms with Crippen LogP contribution in [-0.4, -0.2) is 56.7 Å². The Bertz CT molecular complexity index is 1600. The average Bonchev–Trinajstić information content (AvgIpc) is 3.71. The highest BCUT2D eigenvalue weighted by Crippen LogP contribution is 2.32. The Hall–Kier alpha value is -4.43. The number of furan rings is 1. The van der Waals surface area contributed by atoms with Crippen molar-refractivity contribution < 1.29 is 13.6 Å². The maximum Gasteiger partial charge on any atom is 0.266 e. The van der Waals surface area contributed by atoms with Gasteiger partial charge in [0.2, 0.25) is 11.6 Å². The van der Waals surface area contributed by atoms with E-state index in [1.807, 2.05) is 47.4 Å². The van der Waals surface area contributed by atoms with Crippen LogP contribution >= 0.6 is 11.3 Å². The number of oxazole rings is 1. The molecule has 11 heteroatoms. The Morgan fingerprint density at radius 3 is 2.69 bits per heavy atom. The smallest absolute Gasteiger partial charge is 0.266 e. The van der Waals surface area contributed by atoms with Crippen LogP contribution in [0.15, 0.2) is 50.8 Å². The van der Waals surface area contributed by atoms with Crippen molar-refractivity contribution in [2.75, 3.05) is 31.1 Å². The van der Waals surface area contributed by atoms with Gasteiger partial charge in [-0.3, -0.25) is 9.48 Å². The zero-order valence-electron chi connectivity index (χ0n) is 19.6. The molecule has 1 saturated heterocycles. The van der Waals surface area contributed by atoms with Gasteiger partial charge in [0, 0.05) is 33.2 Å². The van der Waals surface area contributed by atoms with Gasteiger partial charge in [-0.25, -0.2) is 4.98 Å². The van der Waals surface area contributed by atoms with E-state index in [9.17, 15) is 10.1 Å². The second-order valence-corrected chi connectivity index (χ2v) is 9.43. The van der Waals surface area contributed by atoms with Crippen LogP contribution in [0, 0.1) is 18.3 Å². The Morgan fingerprint density at radius 2 is 2.00 bits per heavy atom. The second-order valence-electron chi connectivity index (χ2n) is 8.48. The van der Waals surface area contributed by atoms with Gasteiger partial charge in [0.25, 0.3) is 11.8 Å². The van der Waals surface area contributed by atoms with E-state index >= 15 is 0 Å². The van der Waals surface area contributed by atoms with E-state index in [0.29, 0.717) is 49.0 Å². The summed E-state index contributed by atoms with van der Waals surface area (Å²) in [6.45, 7) is 3.85.